The molecule has 2 atom stereocenters. The van der Waals surface area contributed by atoms with E-state index in [9.17, 15) is 9.59 Å². The van der Waals surface area contributed by atoms with Crippen molar-refractivity contribution in [2.24, 2.45) is 0 Å². The second-order valence-electron chi connectivity index (χ2n) is 14.2. The molecular formula is C48H58N2O10. The van der Waals surface area contributed by atoms with Crippen LogP contribution in [0.3, 0.4) is 0 Å². The lowest BCUT2D eigenvalue weighted by Crippen LogP contribution is -2.41. The minimum atomic E-state index is -0.661. The summed E-state index contributed by atoms with van der Waals surface area (Å²) in [6.45, 7) is 10.4. The first-order valence-corrected chi connectivity index (χ1v) is 20.9. The van der Waals surface area contributed by atoms with Gasteiger partial charge >= 0.3 is 11.9 Å². The molecule has 320 valence electrons. The molecule has 12 nitrogen and oxygen atoms in total. The number of hydrogen-bond acceptors (Lipinski definition) is 12. The standard InChI is InChI=1S/C48H58N2O10/c1-3-45(51)55-29-13-9-5-7-11-27-53-41-23-25-43(49-33-41)39-19-15-37(16-20-39)35-59-47-48(58-32-31-57-47)60-36-38-17-21-40(22-18-38)44-26-24-42(34-50-44)54-28-12-8-6-10-14-30-56-46(52)4-2/h3-4,15-26,33-34,47-48H,1-2,5-14,27-32,35-36H2/t47-,48-/m1/s1. The Kier molecular flexibility index (Phi) is 20.3. The van der Waals surface area contributed by atoms with Crippen molar-refractivity contribution in [2.75, 3.05) is 39.6 Å². The highest BCUT2D eigenvalue weighted by molar-refractivity contribution is 5.81. The summed E-state index contributed by atoms with van der Waals surface area (Å²) in [6.07, 6.45) is 14.4. The first kappa shape index (κ1) is 45.7. The van der Waals surface area contributed by atoms with E-state index in [1.54, 1.807) is 12.4 Å². The third kappa shape index (κ3) is 16.7. The number of carbonyl (C=O) groups is 2. The molecule has 0 saturated carbocycles. The lowest BCUT2D eigenvalue weighted by molar-refractivity contribution is -0.326. The highest BCUT2D eigenvalue weighted by atomic mass is 16.8. The van der Waals surface area contributed by atoms with Crippen LogP contribution in [0.15, 0.2) is 111 Å². The average Bonchev–Trinajstić information content (AvgIpc) is 3.30. The van der Waals surface area contributed by atoms with E-state index in [4.69, 9.17) is 37.9 Å². The van der Waals surface area contributed by atoms with E-state index in [0.717, 1.165) is 109 Å². The molecule has 3 heterocycles. The molecule has 0 radical (unpaired) electrons. The van der Waals surface area contributed by atoms with Gasteiger partial charge in [0.1, 0.15) is 11.5 Å². The molecular weight excluding hydrogens is 765 g/mol. The summed E-state index contributed by atoms with van der Waals surface area (Å²) < 4.78 is 45.7. The quantitative estimate of drug-likeness (QED) is 0.0307. The van der Waals surface area contributed by atoms with Crippen LogP contribution < -0.4 is 9.47 Å². The Labute approximate surface area is 353 Å². The van der Waals surface area contributed by atoms with Crippen molar-refractivity contribution in [2.45, 2.75) is 90.0 Å². The molecule has 1 saturated heterocycles. The van der Waals surface area contributed by atoms with Gasteiger partial charge in [-0.2, -0.15) is 0 Å². The number of unbranched alkanes of at least 4 members (excludes halogenated alkanes) is 8. The van der Waals surface area contributed by atoms with Crippen LogP contribution in [-0.2, 0) is 51.2 Å². The summed E-state index contributed by atoms with van der Waals surface area (Å²) in [5.41, 5.74) is 5.68. The van der Waals surface area contributed by atoms with Crippen molar-refractivity contribution in [3.8, 4) is 34.0 Å². The van der Waals surface area contributed by atoms with E-state index >= 15 is 0 Å². The Bertz CT molecular complexity index is 1710. The fourth-order valence-corrected chi connectivity index (χ4v) is 6.22. The van der Waals surface area contributed by atoms with Gasteiger partial charge in [0.15, 0.2) is 0 Å². The van der Waals surface area contributed by atoms with Gasteiger partial charge in [0.2, 0.25) is 12.6 Å². The highest BCUT2D eigenvalue weighted by Gasteiger charge is 2.29. The number of hydrogen-bond donors (Lipinski definition) is 0. The number of aromatic nitrogens is 2. The zero-order valence-corrected chi connectivity index (χ0v) is 34.5. The van der Waals surface area contributed by atoms with Crippen LogP contribution in [0.4, 0.5) is 0 Å². The van der Waals surface area contributed by atoms with E-state index in [-0.39, 0.29) is 11.9 Å². The molecule has 0 unspecified atom stereocenters. The summed E-state index contributed by atoms with van der Waals surface area (Å²) in [6, 6.07) is 24.0. The first-order chi connectivity index (χ1) is 29.5. The van der Waals surface area contributed by atoms with E-state index in [1.807, 2.05) is 72.8 Å². The van der Waals surface area contributed by atoms with Gasteiger partial charge in [-0.05, 0) is 61.1 Å². The smallest absolute Gasteiger partial charge is 0.330 e. The van der Waals surface area contributed by atoms with Gasteiger partial charge in [-0.25, -0.2) is 9.59 Å². The third-order valence-corrected chi connectivity index (χ3v) is 9.61. The summed E-state index contributed by atoms with van der Waals surface area (Å²) in [7, 11) is 0. The van der Waals surface area contributed by atoms with Gasteiger partial charge in [-0.15, -0.1) is 0 Å². The lowest BCUT2D eigenvalue weighted by Gasteiger charge is -2.31. The Balaban J connectivity index is 0.958. The second kappa shape index (κ2) is 26.6. The number of nitrogens with zero attached hydrogens (tertiary/aromatic N) is 2. The number of carbonyl (C=O) groups excluding carboxylic acids is 2. The molecule has 2 aromatic heterocycles. The molecule has 0 aliphatic carbocycles. The molecule has 4 aromatic rings. The van der Waals surface area contributed by atoms with Crippen LogP contribution in [-0.4, -0.2) is 74.1 Å². The zero-order chi connectivity index (χ0) is 42.0. The summed E-state index contributed by atoms with van der Waals surface area (Å²) >= 11 is 0. The van der Waals surface area contributed by atoms with Gasteiger partial charge < -0.3 is 37.9 Å². The zero-order valence-electron chi connectivity index (χ0n) is 34.5. The predicted molar refractivity (Wildman–Crippen MR) is 228 cm³/mol. The minimum Gasteiger partial charge on any atom is -0.492 e. The molecule has 12 heteroatoms. The SMILES string of the molecule is C=CC(=O)OCCCCCCCOc1ccc(-c2ccc(CO[C@H]3OCCO[C@@H]3OCc3ccc(-c4ccc(OCCCCCCCOC(=O)C=C)cn4)cc3)cc2)nc1. The van der Waals surface area contributed by atoms with Gasteiger partial charge in [0, 0.05) is 23.3 Å². The fourth-order valence-electron chi connectivity index (χ4n) is 6.22. The first-order valence-electron chi connectivity index (χ1n) is 20.9. The Morgan fingerprint density at radius 3 is 1.28 bits per heavy atom. The van der Waals surface area contributed by atoms with Crippen LogP contribution in [0.2, 0.25) is 0 Å². The molecule has 0 amide bonds. The summed E-state index contributed by atoms with van der Waals surface area (Å²) in [5.74, 6) is 0.750. The Morgan fingerprint density at radius 1 is 0.533 bits per heavy atom. The van der Waals surface area contributed by atoms with Crippen molar-refractivity contribution in [1.29, 1.82) is 0 Å². The molecule has 1 fully saturated rings. The third-order valence-electron chi connectivity index (χ3n) is 9.61. The van der Waals surface area contributed by atoms with Gasteiger partial charge in [-0.3, -0.25) is 9.97 Å². The van der Waals surface area contributed by atoms with Crippen molar-refractivity contribution < 1.29 is 47.5 Å². The van der Waals surface area contributed by atoms with Crippen molar-refractivity contribution in [1.82, 2.24) is 9.97 Å². The van der Waals surface area contributed by atoms with Crippen LogP contribution in [0, 0.1) is 0 Å². The number of pyridine rings is 2. The van der Waals surface area contributed by atoms with E-state index in [2.05, 4.69) is 23.1 Å². The maximum absolute atomic E-state index is 11.1. The van der Waals surface area contributed by atoms with Gasteiger partial charge in [0.05, 0.1) is 76.6 Å². The maximum Gasteiger partial charge on any atom is 0.330 e. The van der Waals surface area contributed by atoms with E-state index in [0.29, 0.717) is 52.9 Å². The second-order valence-corrected chi connectivity index (χ2v) is 14.2. The molecule has 0 spiro atoms. The molecule has 5 rings (SSSR count). The topological polar surface area (TPSA) is 134 Å². The van der Waals surface area contributed by atoms with E-state index < -0.39 is 12.6 Å². The van der Waals surface area contributed by atoms with Crippen molar-refractivity contribution in [3.63, 3.8) is 0 Å². The van der Waals surface area contributed by atoms with Crippen molar-refractivity contribution in [3.05, 3.63) is 122 Å². The number of benzene rings is 2. The molecule has 2 aromatic carbocycles. The van der Waals surface area contributed by atoms with Crippen LogP contribution in [0.25, 0.3) is 22.5 Å². The largest absolute Gasteiger partial charge is 0.492 e. The maximum atomic E-state index is 11.1. The van der Waals surface area contributed by atoms with Crippen molar-refractivity contribution >= 4 is 11.9 Å². The van der Waals surface area contributed by atoms with Crippen LogP contribution in [0.1, 0.15) is 75.3 Å². The molecule has 0 bridgehead atoms. The molecule has 60 heavy (non-hydrogen) atoms. The van der Waals surface area contributed by atoms with Crippen LogP contribution >= 0.6 is 0 Å². The molecule has 1 aliphatic heterocycles. The average molecular weight is 823 g/mol. The Morgan fingerprint density at radius 2 is 0.917 bits per heavy atom. The molecule has 1 aliphatic rings. The number of esters is 2. The monoisotopic (exact) mass is 822 g/mol. The van der Waals surface area contributed by atoms with Crippen LogP contribution in [0.5, 0.6) is 11.5 Å². The Hall–Kier alpha value is -5.40. The lowest BCUT2D eigenvalue weighted by atomic mass is 10.1. The normalized spacial score (nSPS) is 14.9. The summed E-state index contributed by atoms with van der Waals surface area (Å²) in [4.78, 5) is 31.3. The highest BCUT2D eigenvalue weighted by Crippen LogP contribution is 2.24. The fraction of sp³-hybridized carbons (Fsp3) is 0.417. The van der Waals surface area contributed by atoms with Gasteiger partial charge in [0.25, 0.3) is 0 Å². The number of ether oxygens (including phenoxy) is 8. The summed E-state index contributed by atoms with van der Waals surface area (Å²) in [5, 5.41) is 0. The van der Waals surface area contributed by atoms with E-state index in [1.165, 1.54) is 12.2 Å². The molecule has 0 N–H and O–H groups in total. The number of rotatable bonds is 28. The van der Waals surface area contributed by atoms with Gasteiger partial charge in [-0.1, -0.05) is 100 Å². The minimum absolute atomic E-state index is 0.334. The predicted octanol–water partition coefficient (Wildman–Crippen LogP) is 9.36.